The Hall–Kier alpha value is -1.32. The molecule has 0 amide bonds. The molecule has 0 saturated heterocycles. The molecule has 4 nitrogen and oxygen atoms in total. The zero-order valence-corrected chi connectivity index (χ0v) is 5.13. The Balaban J connectivity index is 3.34. The Kier molecular flexibility index (Phi) is 1.22. The molecule has 0 aliphatic rings. The highest BCUT2D eigenvalue weighted by Gasteiger charge is 1.85. The van der Waals surface area contributed by atoms with Crippen molar-refractivity contribution in [3.05, 3.63) is 23.6 Å². The number of nitrogens with two attached hydrogens (primary N) is 1. The van der Waals surface area contributed by atoms with Crippen molar-refractivity contribution in [3.63, 3.8) is 0 Å². The summed E-state index contributed by atoms with van der Waals surface area (Å²) in [6.07, 6.45) is 1.60. The van der Waals surface area contributed by atoms with Crippen LogP contribution in [0, 0.1) is 12.3 Å². The Labute approximate surface area is 52.4 Å². The SMILES string of the molecule is Cc1ccn(N)c(=N)n1. The lowest BCUT2D eigenvalue weighted by Crippen LogP contribution is -2.29. The van der Waals surface area contributed by atoms with Crippen LogP contribution >= 0.6 is 0 Å². The first kappa shape index (κ1) is 5.81. The van der Waals surface area contributed by atoms with Crippen molar-refractivity contribution in [1.82, 2.24) is 9.66 Å². The van der Waals surface area contributed by atoms with Crippen LogP contribution in [0.3, 0.4) is 0 Å². The molecule has 0 unspecified atom stereocenters. The van der Waals surface area contributed by atoms with Gasteiger partial charge >= 0.3 is 0 Å². The van der Waals surface area contributed by atoms with Crippen LogP contribution in [0.2, 0.25) is 0 Å². The third-order valence-corrected chi connectivity index (χ3v) is 1.00. The summed E-state index contributed by atoms with van der Waals surface area (Å²) in [7, 11) is 0. The number of nitrogens with one attached hydrogen (secondary N) is 1. The fourth-order valence-electron chi connectivity index (χ4n) is 0.521. The van der Waals surface area contributed by atoms with Crippen LogP contribution in [0.15, 0.2) is 12.3 Å². The van der Waals surface area contributed by atoms with Crippen LogP contribution in [0.1, 0.15) is 5.69 Å². The molecule has 0 aromatic carbocycles. The van der Waals surface area contributed by atoms with Gasteiger partial charge in [0.15, 0.2) is 0 Å². The Morgan fingerprint density at radius 2 is 2.44 bits per heavy atom. The van der Waals surface area contributed by atoms with Crippen LogP contribution in [0.4, 0.5) is 0 Å². The summed E-state index contributed by atoms with van der Waals surface area (Å²) in [5, 5.41) is 7.09. The molecule has 0 spiro atoms. The lowest BCUT2D eigenvalue weighted by Gasteiger charge is -1.95. The van der Waals surface area contributed by atoms with E-state index in [4.69, 9.17) is 11.3 Å². The molecule has 0 aliphatic heterocycles. The van der Waals surface area contributed by atoms with Gasteiger partial charge in [0.25, 0.3) is 0 Å². The summed E-state index contributed by atoms with van der Waals surface area (Å²) in [5.74, 6) is 5.26. The normalized spacial score (nSPS) is 9.44. The van der Waals surface area contributed by atoms with Crippen LogP contribution in [-0.4, -0.2) is 9.66 Å². The van der Waals surface area contributed by atoms with Gasteiger partial charge in [-0.05, 0) is 13.0 Å². The Bertz CT molecular complexity index is 262. The van der Waals surface area contributed by atoms with E-state index in [2.05, 4.69) is 4.98 Å². The zero-order chi connectivity index (χ0) is 6.85. The molecule has 0 atom stereocenters. The maximum atomic E-state index is 7.09. The predicted molar refractivity (Wildman–Crippen MR) is 33.0 cm³/mol. The minimum Gasteiger partial charge on any atom is -0.337 e. The number of hydrogen-bond donors (Lipinski definition) is 2. The van der Waals surface area contributed by atoms with Gasteiger partial charge in [-0.2, -0.15) is 0 Å². The van der Waals surface area contributed by atoms with E-state index in [9.17, 15) is 0 Å². The molecule has 0 saturated carbocycles. The Morgan fingerprint density at radius 3 is 2.89 bits per heavy atom. The second kappa shape index (κ2) is 1.89. The first-order valence-electron chi connectivity index (χ1n) is 2.56. The van der Waals surface area contributed by atoms with E-state index < -0.39 is 0 Å². The van der Waals surface area contributed by atoms with Crippen molar-refractivity contribution < 1.29 is 0 Å². The smallest absolute Gasteiger partial charge is 0.240 e. The third kappa shape index (κ3) is 1.07. The first-order valence-corrected chi connectivity index (χ1v) is 2.56. The third-order valence-electron chi connectivity index (χ3n) is 1.00. The largest absolute Gasteiger partial charge is 0.337 e. The fourth-order valence-corrected chi connectivity index (χ4v) is 0.521. The molecular formula is C5H8N4. The summed E-state index contributed by atoms with van der Waals surface area (Å²) in [4.78, 5) is 3.78. The van der Waals surface area contributed by atoms with Gasteiger partial charge in [0.05, 0.1) is 0 Å². The highest BCUT2D eigenvalue weighted by Crippen LogP contribution is 1.80. The summed E-state index contributed by atoms with van der Waals surface area (Å²) in [6, 6.07) is 1.75. The average Bonchev–Trinajstić information content (AvgIpc) is 1.80. The van der Waals surface area contributed by atoms with Crippen LogP contribution in [0.25, 0.3) is 0 Å². The quantitative estimate of drug-likeness (QED) is 0.453. The van der Waals surface area contributed by atoms with Gasteiger partial charge in [-0.15, -0.1) is 0 Å². The van der Waals surface area contributed by atoms with Gasteiger partial charge in [0.1, 0.15) is 0 Å². The van der Waals surface area contributed by atoms with Crippen LogP contribution in [0.5, 0.6) is 0 Å². The lowest BCUT2D eigenvalue weighted by atomic mass is 10.5. The molecule has 1 heterocycles. The minimum absolute atomic E-state index is 0.0787. The minimum atomic E-state index is 0.0787. The molecule has 48 valence electrons. The highest BCUT2D eigenvalue weighted by molar-refractivity contribution is 4.94. The standard InChI is InChI=1S/C5H8N4/c1-4-2-3-9(7)5(6)8-4/h2-3,6H,7H2,1H3. The second-order valence-electron chi connectivity index (χ2n) is 1.80. The molecule has 1 rings (SSSR count). The van der Waals surface area contributed by atoms with Crippen molar-refractivity contribution in [3.8, 4) is 0 Å². The predicted octanol–water partition coefficient (Wildman–Crippen LogP) is -0.615. The van der Waals surface area contributed by atoms with Crippen molar-refractivity contribution >= 4 is 0 Å². The summed E-state index contributed by atoms with van der Waals surface area (Å²) < 4.78 is 1.16. The molecule has 9 heavy (non-hydrogen) atoms. The monoisotopic (exact) mass is 124 g/mol. The molecule has 0 radical (unpaired) electrons. The van der Waals surface area contributed by atoms with E-state index in [1.165, 1.54) is 0 Å². The first-order chi connectivity index (χ1) is 4.20. The number of nitrogen functional groups attached to an aromatic ring is 1. The van der Waals surface area contributed by atoms with Crippen molar-refractivity contribution in [1.29, 1.82) is 5.41 Å². The van der Waals surface area contributed by atoms with Gasteiger partial charge in [-0.25, -0.2) is 9.66 Å². The van der Waals surface area contributed by atoms with E-state index >= 15 is 0 Å². The van der Waals surface area contributed by atoms with E-state index in [1.807, 2.05) is 6.92 Å². The topological polar surface area (TPSA) is 67.7 Å². The highest BCUT2D eigenvalue weighted by atomic mass is 15.3. The van der Waals surface area contributed by atoms with Crippen molar-refractivity contribution in [2.24, 2.45) is 0 Å². The molecular weight excluding hydrogens is 116 g/mol. The van der Waals surface area contributed by atoms with E-state index in [0.29, 0.717) is 0 Å². The average molecular weight is 124 g/mol. The van der Waals surface area contributed by atoms with Gasteiger partial charge in [-0.1, -0.05) is 0 Å². The summed E-state index contributed by atoms with van der Waals surface area (Å²) >= 11 is 0. The maximum Gasteiger partial charge on any atom is 0.240 e. The number of aromatic nitrogens is 2. The van der Waals surface area contributed by atoms with Crippen LogP contribution < -0.4 is 11.5 Å². The molecule has 0 bridgehead atoms. The number of aryl methyl sites for hydroxylation is 1. The molecule has 0 fully saturated rings. The molecule has 0 aliphatic carbocycles. The number of rotatable bonds is 0. The lowest BCUT2D eigenvalue weighted by molar-refractivity contribution is 0.799. The second-order valence-corrected chi connectivity index (χ2v) is 1.80. The zero-order valence-electron chi connectivity index (χ0n) is 5.13. The van der Waals surface area contributed by atoms with Crippen molar-refractivity contribution in [2.45, 2.75) is 6.92 Å². The number of nitrogens with zero attached hydrogens (tertiary/aromatic N) is 2. The molecule has 1 aromatic rings. The summed E-state index contributed by atoms with van der Waals surface area (Å²) in [6.45, 7) is 1.82. The van der Waals surface area contributed by atoms with E-state index in [1.54, 1.807) is 12.3 Å². The number of hydrogen-bond acceptors (Lipinski definition) is 3. The maximum absolute atomic E-state index is 7.09. The van der Waals surface area contributed by atoms with E-state index in [0.717, 1.165) is 10.4 Å². The van der Waals surface area contributed by atoms with Gasteiger partial charge < -0.3 is 5.84 Å². The fraction of sp³-hybridized carbons (Fsp3) is 0.200. The molecule has 3 N–H and O–H groups in total. The van der Waals surface area contributed by atoms with Gasteiger partial charge in [0.2, 0.25) is 5.62 Å². The van der Waals surface area contributed by atoms with Crippen LogP contribution in [-0.2, 0) is 0 Å². The van der Waals surface area contributed by atoms with E-state index in [-0.39, 0.29) is 5.62 Å². The van der Waals surface area contributed by atoms with Crippen molar-refractivity contribution in [2.75, 3.05) is 5.84 Å². The van der Waals surface area contributed by atoms with Gasteiger partial charge in [0, 0.05) is 11.9 Å². The molecule has 4 heteroatoms. The Morgan fingerprint density at radius 1 is 1.78 bits per heavy atom. The molecule has 1 aromatic heterocycles. The summed E-state index contributed by atoms with van der Waals surface area (Å²) in [5.41, 5.74) is 0.886. The van der Waals surface area contributed by atoms with Gasteiger partial charge in [-0.3, -0.25) is 5.41 Å².